The molecule has 7 heteroatoms. The number of nitrogens with two attached hydrogens (primary N) is 2. The highest BCUT2D eigenvalue weighted by molar-refractivity contribution is 5.81. The van der Waals surface area contributed by atoms with Crippen LogP contribution >= 0.6 is 0 Å². The van der Waals surface area contributed by atoms with Gasteiger partial charge in [0.05, 0.1) is 12.6 Å². The molecule has 7 nitrogen and oxygen atoms in total. The number of rotatable bonds is 18. The van der Waals surface area contributed by atoms with E-state index in [1.807, 2.05) is 36.5 Å². The maximum absolute atomic E-state index is 11.6. The number of H-pyrrole nitrogens is 1. The second-order valence-electron chi connectivity index (χ2n) is 9.24. The number of guanidine groups is 1. The van der Waals surface area contributed by atoms with E-state index in [0.29, 0.717) is 11.5 Å². The summed E-state index contributed by atoms with van der Waals surface area (Å²) in [6.45, 7) is 2.37. The minimum absolute atomic E-state index is 0.0587. The van der Waals surface area contributed by atoms with Gasteiger partial charge >= 0.3 is 5.97 Å². The van der Waals surface area contributed by atoms with Gasteiger partial charge in [0.1, 0.15) is 5.82 Å². The topological polar surface area (TPSA) is 130 Å². The number of carbonyl (C=O) groups is 1. The number of aliphatic imine (C=N–C) groups is 1. The van der Waals surface area contributed by atoms with Crippen LogP contribution in [0.25, 0.3) is 6.08 Å². The van der Waals surface area contributed by atoms with Crippen LogP contribution in [-0.4, -0.2) is 34.6 Å². The van der Waals surface area contributed by atoms with Crippen molar-refractivity contribution in [3.05, 3.63) is 72.0 Å². The van der Waals surface area contributed by atoms with Crippen LogP contribution in [0.5, 0.6) is 0 Å². The van der Waals surface area contributed by atoms with Crippen molar-refractivity contribution in [3.8, 4) is 0 Å². The number of carboxylic acids is 1. The lowest BCUT2D eigenvalue weighted by Crippen LogP contribution is -2.28. The first-order valence-electron chi connectivity index (χ1n) is 13.1. The summed E-state index contributed by atoms with van der Waals surface area (Å²) in [6.07, 6.45) is 17.9. The highest BCUT2D eigenvalue weighted by Crippen LogP contribution is 2.24. The lowest BCUT2D eigenvalue weighted by atomic mass is 9.90. The molecule has 2 unspecified atom stereocenters. The number of nitrogens with zero attached hydrogens (tertiary/aromatic N) is 1. The fourth-order valence-electron chi connectivity index (χ4n) is 4.27. The number of hydrogen-bond acceptors (Lipinski definition) is 3. The van der Waals surface area contributed by atoms with E-state index in [1.54, 1.807) is 0 Å². The van der Waals surface area contributed by atoms with Crippen LogP contribution in [0.2, 0.25) is 0 Å². The first kappa shape index (κ1) is 28.8. The molecule has 0 saturated carbocycles. The number of hydrogen-bond donors (Lipinski definition) is 5. The van der Waals surface area contributed by atoms with E-state index >= 15 is 0 Å². The fourth-order valence-corrected chi connectivity index (χ4v) is 4.27. The van der Waals surface area contributed by atoms with Crippen molar-refractivity contribution >= 4 is 23.8 Å². The molecule has 0 aliphatic heterocycles. The summed E-state index contributed by atoms with van der Waals surface area (Å²) in [5.74, 6) is 0.144. The molecule has 1 aromatic heterocycles. The first-order chi connectivity index (χ1) is 17.5. The fraction of sp³-hybridized carbons (Fsp3) is 0.448. The van der Waals surface area contributed by atoms with Gasteiger partial charge in [0.2, 0.25) is 0 Å². The van der Waals surface area contributed by atoms with Crippen molar-refractivity contribution in [1.29, 1.82) is 0 Å². The summed E-state index contributed by atoms with van der Waals surface area (Å²) in [6, 6.07) is 13.9. The average Bonchev–Trinajstić information content (AvgIpc) is 3.37. The summed E-state index contributed by atoms with van der Waals surface area (Å²) < 4.78 is 0. The normalized spacial score (nSPS) is 13.4. The van der Waals surface area contributed by atoms with E-state index in [-0.39, 0.29) is 18.5 Å². The molecule has 0 aliphatic carbocycles. The number of anilines is 1. The van der Waals surface area contributed by atoms with Crippen LogP contribution in [0.3, 0.4) is 0 Å². The van der Waals surface area contributed by atoms with Gasteiger partial charge in [0.25, 0.3) is 0 Å². The Balaban J connectivity index is 2.14. The van der Waals surface area contributed by atoms with Gasteiger partial charge in [-0.3, -0.25) is 0 Å². The van der Waals surface area contributed by atoms with E-state index < -0.39 is 5.97 Å². The third kappa shape index (κ3) is 12.3. The summed E-state index contributed by atoms with van der Waals surface area (Å²) in [4.78, 5) is 18.8. The summed E-state index contributed by atoms with van der Waals surface area (Å²) in [5.41, 5.74) is 12.9. The summed E-state index contributed by atoms with van der Waals surface area (Å²) >= 11 is 0. The molecule has 1 heterocycles. The second kappa shape index (κ2) is 17.0. The average molecular weight is 494 g/mol. The minimum Gasteiger partial charge on any atom is -0.478 e. The molecule has 2 aromatic rings. The van der Waals surface area contributed by atoms with Crippen molar-refractivity contribution in [1.82, 2.24) is 4.98 Å². The molecular formula is C29H43N5O2. The molecule has 2 rings (SSSR count). The molecule has 1 aromatic carbocycles. The van der Waals surface area contributed by atoms with Crippen molar-refractivity contribution in [2.24, 2.45) is 22.4 Å². The molecule has 0 saturated heterocycles. The Kier molecular flexibility index (Phi) is 13.6. The number of nitrogens with one attached hydrogen (secondary N) is 2. The predicted molar refractivity (Wildman–Crippen MR) is 151 cm³/mol. The van der Waals surface area contributed by atoms with Crippen LogP contribution in [-0.2, 0) is 4.79 Å². The Morgan fingerprint density at radius 1 is 1.03 bits per heavy atom. The first-order valence-corrected chi connectivity index (χ1v) is 13.1. The van der Waals surface area contributed by atoms with Crippen LogP contribution in [0.1, 0.15) is 70.3 Å². The van der Waals surface area contributed by atoms with Gasteiger partial charge < -0.3 is 26.9 Å². The largest absolute Gasteiger partial charge is 0.478 e. The smallest absolute Gasteiger partial charge is 0.328 e. The third-order valence-electron chi connectivity index (χ3n) is 6.24. The van der Waals surface area contributed by atoms with Gasteiger partial charge in [-0.15, -0.1) is 0 Å². The van der Waals surface area contributed by atoms with E-state index in [4.69, 9.17) is 11.5 Å². The Morgan fingerprint density at radius 3 is 2.44 bits per heavy atom. The SMILES string of the molecule is CCCCCCCCC(C=Cc1ccccc1)CCC(Nc1ccc[nH]1)C(=CC(=O)O)CN=C(N)N. The highest BCUT2D eigenvalue weighted by Gasteiger charge is 2.18. The maximum atomic E-state index is 11.6. The molecule has 7 N–H and O–H groups in total. The molecule has 0 aliphatic rings. The van der Waals surface area contributed by atoms with Crippen molar-refractivity contribution < 1.29 is 9.90 Å². The molecule has 36 heavy (non-hydrogen) atoms. The lowest BCUT2D eigenvalue weighted by molar-refractivity contribution is -0.131. The van der Waals surface area contributed by atoms with Gasteiger partial charge in [0.15, 0.2) is 5.96 Å². The molecule has 0 amide bonds. The molecule has 0 spiro atoms. The Morgan fingerprint density at radius 2 is 1.78 bits per heavy atom. The van der Waals surface area contributed by atoms with Gasteiger partial charge in [-0.05, 0) is 48.4 Å². The number of allylic oxidation sites excluding steroid dienone is 1. The van der Waals surface area contributed by atoms with Gasteiger partial charge in [-0.2, -0.15) is 0 Å². The van der Waals surface area contributed by atoms with Crippen LogP contribution in [0.15, 0.2) is 71.4 Å². The number of aromatic amines is 1. The second-order valence-corrected chi connectivity index (χ2v) is 9.24. The van der Waals surface area contributed by atoms with E-state index in [0.717, 1.165) is 25.1 Å². The monoisotopic (exact) mass is 493 g/mol. The number of benzene rings is 1. The molecule has 196 valence electrons. The molecule has 0 radical (unpaired) electrons. The summed E-state index contributed by atoms with van der Waals surface area (Å²) in [7, 11) is 0. The molecule has 2 atom stereocenters. The van der Waals surface area contributed by atoms with Crippen LogP contribution < -0.4 is 16.8 Å². The lowest BCUT2D eigenvalue weighted by Gasteiger charge is -2.23. The van der Waals surface area contributed by atoms with E-state index in [9.17, 15) is 9.90 Å². The Bertz CT molecular complexity index is 947. The standard InChI is InChI=1S/C29H43N5O2/c1-2-3-4-5-6-8-14-24(17-16-23-12-9-7-10-13-23)18-19-26(34-27-15-11-20-32-27)25(21-28(35)36)22-33-29(30)31/h7,9-13,15-17,20-21,24,26,32,34H,2-6,8,14,18-19,22H2,1H3,(H,35,36)(H4,30,31,33). The molecule has 0 bridgehead atoms. The Labute approximate surface area is 215 Å². The van der Waals surface area contributed by atoms with E-state index in [2.05, 4.69) is 46.5 Å². The maximum Gasteiger partial charge on any atom is 0.328 e. The number of aliphatic carboxylic acids is 1. The molecule has 0 fully saturated rings. The van der Waals surface area contributed by atoms with Gasteiger partial charge in [-0.1, -0.05) is 87.9 Å². The highest BCUT2D eigenvalue weighted by atomic mass is 16.4. The van der Waals surface area contributed by atoms with Gasteiger partial charge in [-0.25, -0.2) is 9.79 Å². The van der Waals surface area contributed by atoms with E-state index in [1.165, 1.54) is 50.2 Å². The summed E-state index contributed by atoms with van der Waals surface area (Å²) in [5, 5.41) is 12.9. The number of unbranched alkanes of at least 4 members (excludes halogenated alkanes) is 5. The van der Waals surface area contributed by atoms with Crippen LogP contribution in [0.4, 0.5) is 5.82 Å². The quantitative estimate of drug-likeness (QED) is 0.0759. The van der Waals surface area contributed by atoms with Crippen LogP contribution in [0, 0.1) is 5.92 Å². The predicted octanol–water partition coefficient (Wildman–Crippen LogP) is 5.94. The zero-order valence-corrected chi connectivity index (χ0v) is 21.5. The zero-order valence-electron chi connectivity index (χ0n) is 21.5. The zero-order chi connectivity index (χ0) is 26.0. The van der Waals surface area contributed by atoms with Crippen molar-refractivity contribution in [2.75, 3.05) is 11.9 Å². The number of carboxylic acid groups (broad SMARTS) is 1. The van der Waals surface area contributed by atoms with Gasteiger partial charge in [0, 0.05) is 12.3 Å². The minimum atomic E-state index is -1.01. The Hall–Kier alpha value is -3.48. The van der Waals surface area contributed by atoms with Crippen molar-refractivity contribution in [3.63, 3.8) is 0 Å². The molecular weight excluding hydrogens is 450 g/mol. The van der Waals surface area contributed by atoms with Crippen molar-refractivity contribution in [2.45, 2.75) is 70.8 Å². The number of aromatic nitrogens is 1. The third-order valence-corrected chi connectivity index (χ3v) is 6.24.